The van der Waals surface area contributed by atoms with Gasteiger partial charge in [-0.15, -0.1) is 0 Å². The van der Waals surface area contributed by atoms with Gasteiger partial charge in [0.1, 0.15) is 0 Å². The van der Waals surface area contributed by atoms with Gasteiger partial charge in [0.25, 0.3) is 0 Å². The van der Waals surface area contributed by atoms with Crippen molar-refractivity contribution < 1.29 is 4.39 Å². The van der Waals surface area contributed by atoms with Gasteiger partial charge >= 0.3 is 0 Å². The fraction of sp³-hybridized carbons (Fsp3) is 0.111. The predicted molar refractivity (Wildman–Crippen MR) is 52.2 cm³/mol. The van der Waals surface area contributed by atoms with Crippen LogP contribution in [0.15, 0.2) is 18.5 Å². The van der Waals surface area contributed by atoms with E-state index in [1.165, 1.54) is 6.92 Å². The third kappa shape index (κ3) is 1.74. The largest absolute Gasteiger partial charge is 0.381 e. The third-order valence-corrected chi connectivity index (χ3v) is 1.81. The molecule has 0 aliphatic carbocycles. The Kier molecular flexibility index (Phi) is 2.24. The van der Waals surface area contributed by atoms with Crippen molar-refractivity contribution in [3.05, 3.63) is 30.0 Å². The van der Waals surface area contributed by atoms with Crippen LogP contribution in [0, 0.1) is 12.7 Å². The van der Waals surface area contributed by atoms with Crippen LogP contribution in [0.5, 0.6) is 0 Å². The van der Waals surface area contributed by atoms with E-state index in [1.54, 1.807) is 18.5 Å². The number of nitrogens with two attached hydrogens (primary N) is 1. The topological polar surface area (TPSA) is 77.6 Å². The first-order valence-electron chi connectivity index (χ1n) is 4.25. The summed E-state index contributed by atoms with van der Waals surface area (Å²) >= 11 is 0. The maximum Gasteiger partial charge on any atom is 0.200 e. The Balaban J connectivity index is 2.56. The van der Waals surface area contributed by atoms with Crippen LogP contribution in [0.3, 0.4) is 0 Å². The van der Waals surface area contributed by atoms with E-state index in [1.807, 2.05) is 0 Å². The van der Waals surface area contributed by atoms with Crippen LogP contribution in [-0.4, -0.2) is 19.9 Å². The maximum atomic E-state index is 13.1. The molecule has 0 unspecified atom stereocenters. The highest BCUT2D eigenvalue weighted by Crippen LogP contribution is 2.15. The summed E-state index contributed by atoms with van der Waals surface area (Å²) in [6.07, 6.45) is 3.11. The Morgan fingerprint density at radius 1 is 1.13 bits per heavy atom. The quantitative estimate of drug-likeness (QED) is 0.750. The Morgan fingerprint density at radius 3 is 2.40 bits per heavy atom. The molecule has 15 heavy (non-hydrogen) atoms. The van der Waals surface area contributed by atoms with E-state index in [2.05, 4.69) is 19.9 Å². The highest BCUT2D eigenvalue weighted by molar-refractivity contribution is 5.47. The predicted octanol–water partition coefficient (Wildman–Crippen LogP) is 0.963. The molecule has 2 N–H and O–H groups in total. The molecule has 0 aromatic carbocycles. The Morgan fingerprint density at radius 2 is 1.80 bits per heavy atom. The van der Waals surface area contributed by atoms with Crippen molar-refractivity contribution in [2.75, 3.05) is 5.73 Å². The second kappa shape index (κ2) is 3.56. The molecule has 0 saturated heterocycles. The lowest BCUT2D eigenvalue weighted by Crippen LogP contribution is -2.04. The lowest BCUT2D eigenvalue weighted by Gasteiger charge is -2.02. The average molecular weight is 205 g/mol. The molecular formula is C9H8FN5. The summed E-state index contributed by atoms with van der Waals surface area (Å²) in [6.45, 7) is 1.51. The van der Waals surface area contributed by atoms with E-state index in [0.29, 0.717) is 5.82 Å². The monoisotopic (exact) mass is 205 g/mol. The summed E-state index contributed by atoms with van der Waals surface area (Å²) in [5.41, 5.74) is 5.56. The Labute approximate surface area is 85.2 Å². The SMILES string of the molecule is Cc1nc(-c2ncccn2)nc(N)c1F. The van der Waals surface area contributed by atoms with Gasteiger partial charge in [0, 0.05) is 12.4 Å². The van der Waals surface area contributed by atoms with Crippen molar-refractivity contribution in [1.82, 2.24) is 19.9 Å². The van der Waals surface area contributed by atoms with Gasteiger partial charge in [-0.2, -0.15) is 0 Å². The molecule has 0 spiro atoms. The second-order valence-corrected chi connectivity index (χ2v) is 2.90. The highest BCUT2D eigenvalue weighted by Gasteiger charge is 2.11. The fourth-order valence-electron chi connectivity index (χ4n) is 1.10. The number of nitrogens with zero attached hydrogens (tertiary/aromatic N) is 4. The summed E-state index contributed by atoms with van der Waals surface area (Å²) in [4.78, 5) is 15.6. The molecule has 2 rings (SSSR count). The molecule has 0 bridgehead atoms. The molecule has 0 saturated carbocycles. The summed E-state index contributed by atoms with van der Waals surface area (Å²) in [5.74, 6) is -0.237. The van der Waals surface area contributed by atoms with Crippen molar-refractivity contribution in [2.45, 2.75) is 6.92 Å². The van der Waals surface area contributed by atoms with Crippen molar-refractivity contribution in [3.8, 4) is 11.6 Å². The molecular weight excluding hydrogens is 197 g/mol. The fourth-order valence-corrected chi connectivity index (χ4v) is 1.10. The Hall–Kier alpha value is -2.11. The van der Waals surface area contributed by atoms with E-state index in [-0.39, 0.29) is 17.3 Å². The lowest BCUT2D eigenvalue weighted by molar-refractivity contribution is 0.608. The minimum absolute atomic E-state index is 0.185. The Bertz CT molecular complexity index is 462. The third-order valence-electron chi connectivity index (χ3n) is 1.81. The standard InChI is InChI=1S/C9H8FN5/c1-5-6(10)7(11)15-9(14-5)8-12-3-2-4-13-8/h2-4H,1H3,(H2,11,14,15). The minimum Gasteiger partial charge on any atom is -0.381 e. The van der Waals surface area contributed by atoms with E-state index in [9.17, 15) is 4.39 Å². The molecule has 2 aromatic heterocycles. The first kappa shape index (κ1) is 9.45. The molecule has 0 aliphatic heterocycles. The molecule has 6 heteroatoms. The van der Waals surface area contributed by atoms with Gasteiger partial charge in [-0.25, -0.2) is 24.3 Å². The maximum absolute atomic E-state index is 13.1. The molecule has 0 amide bonds. The van der Waals surface area contributed by atoms with E-state index < -0.39 is 5.82 Å². The number of aryl methyl sites for hydroxylation is 1. The number of aromatic nitrogens is 4. The number of hydrogen-bond acceptors (Lipinski definition) is 5. The molecule has 0 aliphatic rings. The number of anilines is 1. The van der Waals surface area contributed by atoms with Gasteiger partial charge in [-0.05, 0) is 13.0 Å². The summed E-state index contributed by atoms with van der Waals surface area (Å²) < 4.78 is 13.1. The van der Waals surface area contributed by atoms with Crippen LogP contribution >= 0.6 is 0 Å². The van der Waals surface area contributed by atoms with E-state index in [0.717, 1.165) is 0 Å². The van der Waals surface area contributed by atoms with Crippen LogP contribution in [-0.2, 0) is 0 Å². The van der Waals surface area contributed by atoms with Crippen LogP contribution in [0.4, 0.5) is 10.2 Å². The van der Waals surface area contributed by atoms with Crippen molar-refractivity contribution in [2.24, 2.45) is 0 Å². The summed E-state index contributed by atoms with van der Waals surface area (Å²) in [7, 11) is 0. The van der Waals surface area contributed by atoms with E-state index in [4.69, 9.17) is 5.73 Å². The first-order chi connectivity index (χ1) is 7.18. The van der Waals surface area contributed by atoms with Gasteiger partial charge in [0.05, 0.1) is 5.69 Å². The number of nitrogen functional groups attached to an aromatic ring is 1. The lowest BCUT2D eigenvalue weighted by atomic mass is 10.4. The molecule has 0 radical (unpaired) electrons. The second-order valence-electron chi connectivity index (χ2n) is 2.90. The van der Waals surface area contributed by atoms with Crippen LogP contribution in [0.1, 0.15) is 5.69 Å². The van der Waals surface area contributed by atoms with Crippen molar-refractivity contribution in [1.29, 1.82) is 0 Å². The van der Waals surface area contributed by atoms with Crippen LogP contribution < -0.4 is 5.73 Å². The molecule has 0 fully saturated rings. The van der Waals surface area contributed by atoms with Crippen LogP contribution in [0.25, 0.3) is 11.6 Å². The molecule has 2 heterocycles. The first-order valence-corrected chi connectivity index (χ1v) is 4.25. The zero-order chi connectivity index (χ0) is 10.8. The van der Waals surface area contributed by atoms with Crippen molar-refractivity contribution >= 4 is 5.82 Å². The number of hydrogen-bond donors (Lipinski definition) is 1. The smallest absolute Gasteiger partial charge is 0.200 e. The average Bonchev–Trinajstić information content (AvgIpc) is 2.26. The van der Waals surface area contributed by atoms with Crippen molar-refractivity contribution in [3.63, 3.8) is 0 Å². The zero-order valence-corrected chi connectivity index (χ0v) is 7.98. The molecule has 5 nitrogen and oxygen atoms in total. The normalized spacial score (nSPS) is 10.3. The zero-order valence-electron chi connectivity index (χ0n) is 7.98. The molecule has 76 valence electrons. The minimum atomic E-state index is -0.602. The van der Waals surface area contributed by atoms with Gasteiger partial charge < -0.3 is 5.73 Å². The number of halogens is 1. The van der Waals surface area contributed by atoms with E-state index >= 15 is 0 Å². The summed E-state index contributed by atoms with van der Waals surface area (Å²) in [5, 5.41) is 0. The highest BCUT2D eigenvalue weighted by atomic mass is 19.1. The van der Waals surface area contributed by atoms with Gasteiger partial charge in [0.15, 0.2) is 23.3 Å². The van der Waals surface area contributed by atoms with Crippen LogP contribution in [0.2, 0.25) is 0 Å². The van der Waals surface area contributed by atoms with Gasteiger partial charge in [-0.1, -0.05) is 0 Å². The van der Waals surface area contributed by atoms with Gasteiger partial charge in [-0.3, -0.25) is 0 Å². The molecule has 0 atom stereocenters. The molecule has 2 aromatic rings. The number of rotatable bonds is 1. The van der Waals surface area contributed by atoms with Gasteiger partial charge in [0.2, 0.25) is 0 Å². The summed E-state index contributed by atoms with van der Waals surface area (Å²) in [6, 6.07) is 1.67.